The van der Waals surface area contributed by atoms with Crippen molar-refractivity contribution in [1.82, 2.24) is 24.9 Å². The van der Waals surface area contributed by atoms with Gasteiger partial charge >= 0.3 is 6.03 Å². The van der Waals surface area contributed by atoms with Crippen molar-refractivity contribution < 1.29 is 18.7 Å². The summed E-state index contributed by atoms with van der Waals surface area (Å²) in [6, 6.07) is 5.89. The Balaban J connectivity index is 1.52. The molecular formula is C25H34FN5O3. The molecule has 2 aliphatic rings. The van der Waals surface area contributed by atoms with Crippen LogP contribution in [0.15, 0.2) is 30.5 Å². The number of likely N-dealkylation sites (tertiary alicyclic amines) is 1. The highest BCUT2D eigenvalue weighted by Crippen LogP contribution is 2.37. The molecule has 2 fully saturated rings. The topological polar surface area (TPSA) is 79.7 Å². The monoisotopic (exact) mass is 471 g/mol. The van der Waals surface area contributed by atoms with Crippen LogP contribution in [-0.4, -0.2) is 70.4 Å². The quantitative estimate of drug-likeness (QED) is 0.569. The van der Waals surface area contributed by atoms with E-state index in [1.54, 1.807) is 13.2 Å². The van der Waals surface area contributed by atoms with Crippen LogP contribution in [0, 0.1) is 18.7 Å². The second-order valence-electron chi connectivity index (χ2n) is 9.30. The summed E-state index contributed by atoms with van der Waals surface area (Å²) in [4.78, 5) is 30.1. The van der Waals surface area contributed by atoms with Gasteiger partial charge in [-0.05, 0) is 63.4 Å². The number of amides is 3. The van der Waals surface area contributed by atoms with Crippen molar-refractivity contribution in [3.63, 3.8) is 0 Å². The van der Waals surface area contributed by atoms with Gasteiger partial charge < -0.3 is 10.1 Å². The summed E-state index contributed by atoms with van der Waals surface area (Å²) < 4.78 is 21.0. The summed E-state index contributed by atoms with van der Waals surface area (Å²) in [7, 11) is 1.54. The molecule has 1 aromatic carbocycles. The van der Waals surface area contributed by atoms with Crippen molar-refractivity contribution >= 4 is 11.9 Å². The van der Waals surface area contributed by atoms with Gasteiger partial charge in [-0.15, -0.1) is 0 Å². The standard InChI is InChI=1S/C25H34FN5O3/c1-4-30-17-20(18(2)28-30)16-29-10-8-21(9-11-29)25(15-19-6-5-7-22(26)14-19)23(32)31(12-13-34-3)24(33)27-25/h5-7,14,17,21H,4,8-13,15-16H2,1-3H3,(H,27,33)/t25-/m1/s1. The molecule has 2 saturated heterocycles. The van der Waals surface area contributed by atoms with Gasteiger partial charge in [0.25, 0.3) is 5.91 Å². The number of carbonyl (C=O) groups excluding carboxylic acids is 2. The lowest BCUT2D eigenvalue weighted by atomic mass is 9.74. The predicted octanol–water partition coefficient (Wildman–Crippen LogP) is 2.74. The number of imide groups is 1. The first-order valence-corrected chi connectivity index (χ1v) is 12.0. The van der Waals surface area contributed by atoms with E-state index in [9.17, 15) is 14.0 Å². The smallest absolute Gasteiger partial charge is 0.325 e. The van der Waals surface area contributed by atoms with Crippen LogP contribution in [0.25, 0.3) is 0 Å². The van der Waals surface area contributed by atoms with Gasteiger partial charge in [-0.1, -0.05) is 12.1 Å². The normalized spacial score (nSPS) is 21.9. The van der Waals surface area contributed by atoms with Crippen molar-refractivity contribution in [2.45, 2.75) is 51.7 Å². The Morgan fingerprint density at radius 2 is 2.03 bits per heavy atom. The maximum Gasteiger partial charge on any atom is 0.325 e. The van der Waals surface area contributed by atoms with E-state index in [-0.39, 0.29) is 37.2 Å². The summed E-state index contributed by atoms with van der Waals surface area (Å²) >= 11 is 0. The van der Waals surface area contributed by atoms with E-state index in [2.05, 4.69) is 28.4 Å². The molecule has 3 amide bonds. The van der Waals surface area contributed by atoms with E-state index in [1.165, 1.54) is 22.6 Å². The molecule has 1 N–H and O–H groups in total. The van der Waals surface area contributed by atoms with Gasteiger partial charge in [-0.25, -0.2) is 9.18 Å². The van der Waals surface area contributed by atoms with E-state index in [1.807, 2.05) is 17.7 Å². The number of halogens is 1. The molecule has 0 radical (unpaired) electrons. The summed E-state index contributed by atoms with van der Waals surface area (Å²) in [6.45, 7) is 7.86. The molecule has 1 atom stereocenters. The maximum absolute atomic E-state index is 13.9. The number of rotatable bonds is 9. The zero-order valence-electron chi connectivity index (χ0n) is 20.2. The van der Waals surface area contributed by atoms with Gasteiger partial charge in [0.05, 0.1) is 18.8 Å². The first-order valence-electron chi connectivity index (χ1n) is 12.0. The number of piperidine rings is 1. The summed E-state index contributed by atoms with van der Waals surface area (Å²) in [5.74, 6) is -0.633. The van der Waals surface area contributed by atoms with E-state index in [0.29, 0.717) is 5.56 Å². The fourth-order valence-corrected chi connectivity index (χ4v) is 5.24. The molecule has 34 heavy (non-hydrogen) atoms. The Morgan fingerprint density at radius 1 is 1.26 bits per heavy atom. The SMILES string of the molecule is CCn1cc(CN2CCC([C@@]3(Cc4cccc(F)c4)NC(=O)N(CCOC)C3=O)CC2)c(C)n1. The van der Waals surface area contributed by atoms with Crippen molar-refractivity contribution in [3.8, 4) is 0 Å². The molecule has 0 unspecified atom stereocenters. The second-order valence-corrected chi connectivity index (χ2v) is 9.30. The summed E-state index contributed by atoms with van der Waals surface area (Å²) in [6.07, 6.45) is 3.90. The second kappa shape index (κ2) is 10.2. The van der Waals surface area contributed by atoms with Crippen molar-refractivity contribution in [1.29, 1.82) is 0 Å². The molecule has 3 heterocycles. The Hall–Kier alpha value is -2.78. The molecule has 0 bridgehead atoms. The van der Waals surface area contributed by atoms with E-state index in [4.69, 9.17) is 4.74 Å². The average molecular weight is 472 g/mol. The Kier molecular flexibility index (Phi) is 7.33. The minimum Gasteiger partial charge on any atom is -0.383 e. The molecule has 2 aromatic rings. The van der Waals surface area contributed by atoms with Crippen molar-refractivity contribution in [2.24, 2.45) is 5.92 Å². The lowest BCUT2D eigenvalue weighted by molar-refractivity contribution is -0.134. The zero-order chi connectivity index (χ0) is 24.3. The fourth-order valence-electron chi connectivity index (χ4n) is 5.24. The summed E-state index contributed by atoms with van der Waals surface area (Å²) in [5.41, 5.74) is 1.88. The highest BCUT2D eigenvalue weighted by molar-refractivity contribution is 6.07. The lowest BCUT2D eigenvalue weighted by Gasteiger charge is -2.41. The van der Waals surface area contributed by atoms with Crippen LogP contribution in [0.1, 0.15) is 36.6 Å². The number of ether oxygens (including phenoxy) is 1. The molecule has 0 aliphatic carbocycles. The average Bonchev–Trinajstić information content (AvgIpc) is 3.29. The molecule has 9 heteroatoms. The van der Waals surface area contributed by atoms with Crippen LogP contribution in [0.5, 0.6) is 0 Å². The molecule has 184 valence electrons. The number of nitrogens with zero attached hydrogens (tertiary/aromatic N) is 4. The highest BCUT2D eigenvalue weighted by atomic mass is 19.1. The van der Waals surface area contributed by atoms with Crippen LogP contribution in [0.3, 0.4) is 0 Å². The van der Waals surface area contributed by atoms with Gasteiger partial charge in [0, 0.05) is 38.4 Å². The Labute approximate surface area is 200 Å². The Bertz CT molecular complexity index is 1030. The third-order valence-corrected chi connectivity index (χ3v) is 7.14. The molecule has 4 rings (SSSR count). The van der Waals surface area contributed by atoms with E-state index in [0.717, 1.165) is 44.7 Å². The van der Waals surface area contributed by atoms with Gasteiger partial charge in [0.1, 0.15) is 11.4 Å². The third-order valence-electron chi connectivity index (χ3n) is 7.14. The van der Waals surface area contributed by atoms with E-state index >= 15 is 0 Å². The number of hydrogen-bond donors (Lipinski definition) is 1. The molecule has 0 spiro atoms. The van der Waals surface area contributed by atoms with Crippen LogP contribution in [-0.2, 0) is 29.0 Å². The van der Waals surface area contributed by atoms with Gasteiger partial charge in [-0.3, -0.25) is 19.3 Å². The molecule has 8 nitrogen and oxygen atoms in total. The number of aryl methyl sites for hydroxylation is 2. The van der Waals surface area contributed by atoms with Crippen LogP contribution < -0.4 is 5.32 Å². The number of urea groups is 1. The minimum absolute atomic E-state index is 0.0459. The molecule has 2 aliphatic heterocycles. The Morgan fingerprint density at radius 3 is 2.68 bits per heavy atom. The largest absolute Gasteiger partial charge is 0.383 e. The first-order chi connectivity index (χ1) is 16.4. The molecule has 0 saturated carbocycles. The lowest BCUT2D eigenvalue weighted by Crippen LogP contribution is -2.57. The minimum atomic E-state index is -1.08. The van der Waals surface area contributed by atoms with Gasteiger partial charge in [-0.2, -0.15) is 5.10 Å². The van der Waals surface area contributed by atoms with Crippen molar-refractivity contribution in [2.75, 3.05) is 33.4 Å². The van der Waals surface area contributed by atoms with Crippen molar-refractivity contribution in [3.05, 3.63) is 53.1 Å². The van der Waals surface area contributed by atoms with E-state index < -0.39 is 11.6 Å². The van der Waals surface area contributed by atoms with Crippen LogP contribution in [0.4, 0.5) is 9.18 Å². The van der Waals surface area contributed by atoms with Crippen LogP contribution >= 0.6 is 0 Å². The third kappa shape index (κ3) is 4.86. The number of methoxy groups -OCH3 is 1. The molecular weight excluding hydrogens is 437 g/mol. The number of aromatic nitrogens is 2. The number of benzene rings is 1. The first kappa shape index (κ1) is 24.3. The van der Waals surface area contributed by atoms with Gasteiger partial charge in [0.2, 0.25) is 0 Å². The highest BCUT2D eigenvalue weighted by Gasteiger charge is 2.55. The predicted molar refractivity (Wildman–Crippen MR) is 126 cm³/mol. The molecule has 1 aromatic heterocycles. The summed E-state index contributed by atoms with van der Waals surface area (Å²) in [5, 5.41) is 7.57. The fraction of sp³-hybridized carbons (Fsp3) is 0.560. The zero-order valence-corrected chi connectivity index (χ0v) is 20.2. The maximum atomic E-state index is 13.9. The van der Waals surface area contributed by atoms with Crippen LogP contribution in [0.2, 0.25) is 0 Å². The number of hydrogen-bond acceptors (Lipinski definition) is 5. The number of nitrogens with one attached hydrogen (secondary N) is 1. The number of carbonyl (C=O) groups is 2. The van der Waals surface area contributed by atoms with Gasteiger partial charge in [0.15, 0.2) is 0 Å².